The Hall–Kier alpha value is -2.06. The molecule has 2 rings (SSSR count). The number of rotatable bonds is 7. The number of carbonyl (C=O) groups is 3. The van der Waals surface area contributed by atoms with Gasteiger partial charge in [0.2, 0.25) is 11.8 Å². The van der Waals surface area contributed by atoms with E-state index in [1.165, 1.54) is 0 Å². The van der Waals surface area contributed by atoms with Gasteiger partial charge in [-0.2, -0.15) is 0 Å². The molecule has 2 unspecified atom stereocenters. The molecule has 8 heteroatoms. The van der Waals surface area contributed by atoms with Crippen molar-refractivity contribution in [3.63, 3.8) is 0 Å². The molecular weight excluding hydrogens is 354 g/mol. The normalized spacial score (nSPS) is 18.4. The fourth-order valence-corrected chi connectivity index (χ4v) is 3.17. The van der Waals surface area contributed by atoms with Gasteiger partial charge >= 0.3 is 0 Å². The van der Waals surface area contributed by atoms with E-state index in [0.717, 1.165) is 17.3 Å². The Bertz CT molecular complexity index is 670. The smallest absolute Gasteiger partial charge is 0.286 e. The molecule has 2 atom stereocenters. The second-order valence-electron chi connectivity index (χ2n) is 7.21. The van der Waals surface area contributed by atoms with Crippen LogP contribution >= 0.6 is 11.8 Å². The molecule has 3 amide bonds. The van der Waals surface area contributed by atoms with Gasteiger partial charge in [0.1, 0.15) is 12.4 Å². The number of thioether (sulfide) groups is 1. The van der Waals surface area contributed by atoms with Crippen LogP contribution in [0.25, 0.3) is 0 Å². The zero-order valence-electron chi connectivity index (χ0n) is 15.2. The molecule has 0 aromatic heterocycles. The fourth-order valence-electron chi connectivity index (χ4n) is 2.31. The molecule has 1 fully saturated rings. The standard InChI is InChI=1S/C18H25N3O4S/c1-18(2,3)14(19)16(23)20-8-9-25-12-6-4-11(5-7-12)10-13-15(22)21-17(24)26-13/h4-7,13-14H,8-10,19H2,1-3H3,(H,20,23)(H,21,22,24). The molecule has 26 heavy (non-hydrogen) atoms. The number of nitrogens with one attached hydrogen (secondary N) is 2. The highest BCUT2D eigenvalue weighted by molar-refractivity contribution is 8.15. The highest BCUT2D eigenvalue weighted by Crippen LogP contribution is 2.23. The maximum Gasteiger partial charge on any atom is 0.286 e. The molecule has 142 valence electrons. The van der Waals surface area contributed by atoms with Crippen LogP contribution < -0.4 is 21.1 Å². The Balaban J connectivity index is 1.73. The van der Waals surface area contributed by atoms with Crippen molar-refractivity contribution in [1.29, 1.82) is 0 Å². The van der Waals surface area contributed by atoms with Crippen molar-refractivity contribution in [3.8, 4) is 5.75 Å². The fraction of sp³-hybridized carbons (Fsp3) is 0.500. The lowest BCUT2D eigenvalue weighted by Gasteiger charge is -2.25. The van der Waals surface area contributed by atoms with E-state index >= 15 is 0 Å². The summed E-state index contributed by atoms with van der Waals surface area (Å²) in [4.78, 5) is 34.7. The number of amides is 3. The number of hydrogen-bond acceptors (Lipinski definition) is 6. The van der Waals surface area contributed by atoms with Gasteiger partial charge in [0.05, 0.1) is 17.8 Å². The van der Waals surface area contributed by atoms with Gasteiger partial charge in [0, 0.05) is 0 Å². The number of benzene rings is 1. The van der Waals surface area contributed by atoms with Crippen LogP contribution in [0, 0.1) is 5.41 Å². The number of hydrogen-bond donors (Lipinski definition) is 3. The Morgan fingerprint density at radius 1 is 1.31 bits per heavy atom. The third kappa shape index (κ3) is 5.74. The van der Waals surface area contributed by atoms with Crippen molar-refractivity contribution in [3.05, 3.63) is 29.8 Å². The predicted octanol–water partition coefficient (Wildman–Crippen LogP) is 1.45. The van der Waals surface area contributed by atoms with Crippen LogP contribution in [-0.2, 0) is 16.0 Å². The maximum atomic E-state index is 11.9. The first-order chi connectivity index (χ1) is 12.2. The minimum atomic E-state index is -0.570. The Labute approximate surface area is 157 Å². The Morgan fingerprint density at radius 3 is 2.50 bits per heavy atom. The van der Waals surface area contributed by atoms with Gasteiger partial charge in [-0.1, -0.05) is 44.7 Å². The molecule has 1 aromatic carbocycles. The van der Waals surface area contributed by atoms with E-state index in [2.05, 4.69) is 10.6 Å². The second-order valence-corrected chi connectivity index (χ2v) is 8.39. The molecular formula is C18H25N3O4S. The van der Waals surface area contributed by atoms with Crippen LogP contribution in [-0.4, -0.2) is 41.5 Å². The van der Waals surface area contributed by atoms with E-state index in [1.54, 1.807) is 12.1 Å². The summed E-state index contributed by atoms with van der Waals surface area (Å²) in [7, 11) is 0. The zero-order chi connectivity index (χ0) is 19.3. The van der Waals surface area contributed by atoms with Crippen molar-refractivity contribution in [1.82, 2.24) is 10.6 Å². The Kier molecular flexibility index (Phi) is 6.66. The van der Waals surface area contributed by atoms with Crippen LogP contribution in [0.2, 0.25) is 0 Å². The second kappa shape index (κ2) is 8.55. The van der Waals surface area contributed by atoms with Gasteiger partial charge < -0.3 is 15.8 Å². The first-order valence-corrected chi connectivity index (χ1v) is 9.31. The van der Waals surface area contributed by atoms with Gasteiger partial charge in [-0.05, 0) is 29.5 Å². The minimum absolute atomic E-state index is 0.196. The van der Waals surface area contributed by atoms with Crippen molar-refractivity contribution in [2.75, 3.05) is 13.2 Å². The summed E-state index contributed by atoms with van der Waals surface area (Å²) < 4.78 is 5.59. The van der Waals surface area contributed by atoms with E-state index < -0.39 is 6.04 Å². The summed E-state index contributed by atoms with van der Waals surface area (Å²) in [5, 5.41) is 4.36. The lowest BCUT2D eigenvalue weighted by molar-refractivity contribution is -0.124. The average molecular weight is 379 g/mol. The number of nitrogens with two attached hydrogens (primary N) is 1. The summed E-state index contributed by atoms with van der Waals surface area (Å²) in [6.45, 7) is 6.44. The lowest BCUT2D eigenvalue weighted by atomic mass is 9.87. The molecule has 4 N–H and O–H groups in total. The summed E-state index contributed by atoms with van der Waals surface area (Å²) >= 11 is 1.01. The maximum absolute atomic E-state index is 11.9. The van der Waals surface area contributed by atoms with Crippen LogP contribution in [0.4, 0.5) is 4.79 Å². The van der Waals surface area contributed by atoms with Crippen molar-refractivity contribution in [2.24, 2.45) is 11.1 Å². The molecule has 1 saturated heterocycles. The highest BCUT2D eigenvalue weighted by atomic mass is 32.2. The van der Waals surface area contributed by atoms with Crippen LogP contribution in [0.5, 0.6) is 5.75 Å². The largest absolute Gasteiger partial charge is 0.492 e. The van der Waals surface area contributed by atoms with E-state index in [1.807, 2.05) is 32.9 Å². The van der Waals surface area contributed by atoms with Gasteiger partial charge in [-0.15, -0.1) is 0 Å². The third-order valence-electron chi connectivity index (χ3n) is 4.00. The van der Waals surface area contributed by atoms with E-state index in [-0.39, 0.29) is 27.7 Å². The van der Waals surface area contributed by atoms with Crippen LogP contribution in [0.1, 0.15) is 26.3 Å². The van der Waals surface area contributed by atoms with Gasteiger partial charge in [0.25, 0.3) is 5.24 Å². The molecule has 0 saturated carbocycles. The predicted molar refractivity (Wildman–Crippen MR) is 101 cm³/mol. The molecule has 1 aliphatic rings. The summed E-state index contributed by atoms with van der Waals surface area (Å²) in [5.41, 5.74) is 6.54. The van der Waals surface area contributed by atoms with Crippen molar-refractivity contribution >= 4 is 28.8 Å². The number of carbonyl (C=O) groups excluding carboxylic acids is 3. The lowest BCUT2D eigenvalue weighted by Crippen LogP contribution is -2.49. The molecule has 7 nitrogen and oxygen atoms in total. The molecule has 0 spiro atoms. The summed E-state index contributed by atoms with van der Waals surface area (Å²) in [6, 6.07) is 6.76. The molecule has 1 aliphatic heterocycles. The third-order valence-corrected chi connectivity index (χ3v) is 4.98. The number of ether oxygens (including phenoxy) is 1. The molecule has 0 radical (unpaired) electrons. The number of imide groups is 1. The summed E-state index contributed by atoms with van der Waals surface area (Å²) in [6.07, 6.45) is 0.489. The SMILES string of the molecule is CC(C)(C)C(N)C(=O)NCCOc1ccc(CC2SC(=O)NC2=O)cc1. The van der Waals surface area contributed by atoms with Crippen LogP contribution in [0.15, 0.2) is 24.3 Å². The van der Waals surface area contributed by atoms with E-state index in [9.17, 15) is 14.4 Å². The highest BCUT2D eigenvalue weighted by Gasteiger charge is 2.31. The molecule has 1 aromatic rings. The quantitative estimate of drug-likeness (QED) is 0.619. The monoisotopic (exact) mass is 379 g/mol. The van der Waals surface area contributed by atoms with Crippen molar-refractivity contribution < 1.29 is 19.1 Å². The molecule has 0 bridgehead atoms. The van der Waals surface area contributed by atoms with Crippen LogP contribution in [0.3, 0.4) is 0 Å². The Morgan fingerprint density at radius 2 is 1.96 bits per heavy atom. The molecule has 1 heterocycles. The van der Waals surface area contributed by atoms with E-state index in [0.29, 0.717) is 25.3 Å². The van der Waals surface area contributed by atoms with Crippen molar-refractivity contribution in [2.45, 2.75) is 38.5 Å². The first-order valence-electron chi connectivity index (χ1n) is 8.43. The first kappa shape index (κ1) is 20.3. The minimum Gasteiger partial charge on any atom is -0.492 e. The van der Waals surface area contributed by atoms with Gasteiger partial charge in [0.15, 0.2) is 0 Å². The molecule has 0 aliphatic carbocycles. The average Bonchev–Trinajstić information content (AvgIpc) is 2.88. The van der Waals surface area contributed by atoms with Gasteiger partial charge in [-0.3, -0.25) is 19.7 Å². The topological polar surface area (TPSA) is 111 Å². The van der Waals surface area contributed by atoms with Gasteiger partial charge in [-0.25, -0.2) is 0 Å². The zero-order valence-corrected chi connectivity index (χ0v) is 16.0. The summed E-state index contributed by atoms with van der Waals surface area (Å²) in [5.74, 6) is 0.227. The van der Waals surface area contributed by atoms with E-state index in [4.69, 9.17) is 10.5 Å².